The van der Waals surface area contributed by atoms with Crippen LogP contribution in [0.5, 0.6) is 0 Å². The first-order valence-corrected chi connectivity index (χ1v) is 9.63. The molecule has 1 unspecified atom stereocenters. The molecule has 0 heterocycles. The van der Waals surface area contributed by atoms with E-state index in [1.807, 2.05) is 14.1 Å². The third-order valence-corrected chi connectivity index (χ3v) is 4.32. The minimum Gasteiger partial charge on any atom is -0.323 e. The average Bonchev–Trinajstić information content (AvgIpc) is 2.51. The smallest absolute Gasteiger partial charge is 0.323 e. The molecular weight excluding hydrogens is 452 g/mol. The summed E-state index contributed by atoms with van der Waals surface area (Å²) in [6.07, 6.45) is -11.6. The number of hydrogen-bond acceptors (Lipinski definition) is 3. The summed E-state index contributed by atoms with van der Waals surface area (Å²) in [4.78, 5) is 0. The number of hydrogen-bond donors (Lipinski definition) is 2. The maximum atomic E-state index is 13.3. The Kier molecular flexibility index (Phi) is 12.1. The lowest BCUT2D eigenvalue weighted by atomic mass is 10.0. The van der Waals surface area contributed by atoms with Gasteiger partial charge in [-0.3, -0.25) is 4.55 Å². The van der Waals surface area contributed by atoms with Crippen LogP contribution in [0.3, 0.4) is 0 Å². The van der Waals surface area contributed by atoms with Crippen LogP contribution < -0.4 is 5.32 Å². The molecule has 29 heavy (non-hydrogen) atoms. The van der Waals surface area contributed by atoms with Crippen molar-refractivity contribution in [2.75, 3.05) is 14.1 Å². The summed E-state index contributed by atoms with van der Waals surface area (Å²) in [7, 11) is -3.20. The Balaban J connectivity index is 0. The molecule has 0 amide bonds. The van der Waals surface area contributed by atoms with Gasteiger partial charge in [0.25, 0.3) is 0 Å². The van der Waals surface area contributed by atoms with Crippen molar-refractivity contribution in [3.63, 3.8) is 0 Å². The summed E-state index contributed by atoms with van der Waals surface area (Å²) in [5, 5.41) is -3.87. The highest BCUT2D eigenvalue weighted by molar-refractivity contribution is 7.87. The van der Waals surface area contributed by atoms with Crippen molar-refractivity contribution >= 4 is 10.1 Å². The van der Waals surface area contributed by atoms with Crippen LogP contribution in [0.4, 0.5) is 43.9 Å². The molecule has 0 fully saturated rings. The van der Waals surface area contributed by atoms with Crippen molar-refractivity contribution in [2.24, 2.45) is 0 Å². The number of unbranched alkanes of at least 4 members (excludes halogenated alkanes) is 4. The van der Waals surface area contributed by atoms with E-state index in [4.69, 9.17) is 4.55 Å². The van der Waals surface area contributed by atoms with Gasteiger partial charge in [-0.05, 0) is 26.9 Å². The normalized spacial score (nSPS) is 14.9. The van der Waals surface area contributed by atoms with Crippen LogP contribution in [-0.4, -0.2) is 56.5 Å². The fraction of sp³-hybridized carbons (Fsp3) is 1.00. The number of rotatable bonds is 11. The molecule has 0 radical (unpaired) electrons. The highest BCUT2D eigenvalue weighted by Gasteiger charge is 2.79. The lowest BCUT2D eigenvalue weighted by Gasteiger charge is -2.32. The topological polar surface area (TPSA) is 66.4 Å². The molecule has 0 saturated carbocycles. The summed E-state index contributed by atoms with van der Waals surface area (Å²) in [6.45, 7) is 0. The minimum atomic E-state index is -6.95. The third kappa shape index (κ3) is 9.24. The zero-order chi connectivity index (χ0) is 23.7. The largest absolute Gasteiger partial charge is 0.438 e. The summed E-state index contributed by atoms with van der Waals surface area (Å²) in [5.74, 6) is -12.8. The maximum absolute atomic E-state index is 13.3. The maximum Gasteiger partial charge on any atom is 0.438 e. The van der Waals surface area contributed by atoms with Gasteiger partial charge in [0, 0.05) is 6.42 Å². The molecule has 0 aromatic heterocycles. The van der Waals surface area contributed by atoms with Crippen LogP contribution in [0.2, 0.25) is 0 Å². The van der Waals surface area contributed by atoms with Crippen molar-refractivity contribution < 1.29 is 56.9 Å². The molecule has 4 nitrogen and oxygen atoms in total. The van der Waals surface area contributed by atoms with Crippen LogP contribution in [0.1, 0.15) is 44.9 Å². The second-order valence-electron chi connectivity index (χ2n) is 6.08. The number of nitrogens with one attached hydrogen (secondary N) is 1. The van der Waals surface area contributed by atoms with Crippen LogP contribution in [-0.2, 0) is 10.1 Å². The van der Waals surface area contributed by atoms with Crippen LogP contribution >= 0.6 is 0 Å². The molecule has 0 spiro atoms. The van der Waals surface area contributed by atoms with Gasteiger partial charge in [0.05, 0.1) is 0 Å². The van der Waals surface area contributed by atoms with Gasteiger partial charge in [0.15, 0.2) is 6.17 Å². The molecule has 0 aliphatic heterocycles. The quantitative estimate of drug-likeness (QED) is 0.245. The summed E-state index contributed by atoms with van der Waals surface area (Å²) < 4.78 is 156. The van der Waals surface area contributed by atoms with Gasteiger partial charge >= 0.3 is 33.4 Å². The molecule has 0 aliphatic carbocycles. The molecule has 0 aliphatic rings. The first-order chi connectivity index (χ1) is 12.8. The van der Waals surface area contributed by atoms with E-state index < -0.39 is 58.8 Å². The van der Waals surface area contributed by atoms with Gasteiger partial charge in [-0.2, -0.15) is 47.9 Å². The summed E-state index contributed by atoms with van der Waals surface area (Å²) in [5.41, 5.74) is 0. The number of alkyl halides is 10. The van der Waals surface area contributed by atoms with E-state index in [-0.39, 0.29) is 25.7 Å². The molecule has 0 rings (SSSR count). The zero-order valence-corrected chi connectivity index (χ0v) is 16.3. The Morgan fingerprint density at radius 1 is 0.828 bits per heavy atom. The Bertz CT molecular complexity index is 566. The lowest BCUT2D eigenvalue weighted by Crippen LogP contribution is -2.61. The highest BCUT2D eigenvalue weighted by atomic mass is 32.2. The second-order valence-corrected chi connectivity index (χ2v) is 7.54. The Morgan fingerprint density at radius 3 is 1.59 bits per heavy atom. The monoisotopic (exact) mass is 475 g/mol. The average molecular weight is 475 g/mol. The fourth-order valence-electron chi connectivity index (χ4n) is 1.91. The predicted molar refractivity (Wildman–Crippen MR) is 84.6 cm³/mol. The van der Waals surface area contributed by atoms with Crippen LogP contribution in [0.25, 0.3) is 0 Å². The van der Waals surface area contributed by atoms with E-state index in [1.165, 1.54) is 0 Å². The molecule has 178 valence electrons. The standard InChI is InChI=1S/C12H16F10O3S.C2H7N/c13-8(6-4-2-1-3-5-7-9(14,15)16)10(17,18)11(19,20)12(21,22)26(23,24)25;1-3-2/h8H,1-7H2,(H,23,24,25);3H,1-2H3. The second kappa shape index (κ2) is 11.5. The van der Waals surface area contributed by atoms with Gasteiger partial charge in [-0.15, -0.1) is 0 Å². The molecule has 15 heteroatoms. The van der Waals surface area contributed by atoms with E-state index in [1.54, 1.807) is 0 Å². The lowest BCUT2D eigenvalue weighted by molar-refractivity contribution is -0.300. The molecular formula is C14H23F10NO3S. The predicted octanol–water partition coefficient (Wildman–Crippen LogP) is 5.20. The van der Waals surface area contributed by atoms with E-state index in [2.05, 4.69) is 5.32 Å². The summed E-state index contributed by atoms with van der Waals surface area (Å²) in [6, 6.07) is 0. The van der Waals surface area contributed by atoms with E-state index in [0.717, 1.165) is 0 Å². The summed E-state index contributed by atoms with van der Waals surface area (Å²) >= 11 is 0. The fourth-order valence-corrected chi connectivity index (χ4v) is 2.37. The molecule has 0 bridgehead atoms. The van der Waals surface area contributed by atoms with Gasteiger partial charge < -0.3 is 5.32 Å². The van der Waals surface area contributed by atoms with E-state index in [0.29, 0.717) is 0 Å². The van der Waals surface area contributed by atoms with Crippen LogP contribution in [0.15, 0.2) is 0 Å². The van der Waals surface area contributed by atoms with Gasteiger partial charge in [0.2, 0.25) is 0 Å². The SMILES string of the molecule is CNC.O=S(=O)(O)C(F)(F)C(F)(F)C(F)(F)C(F)CCCCCCCC(F)(F)F. The van der Waals surface area contributed by atoms with Crippen molar-refractivity contribution in [3.8, 4) is 0 Å². The zero-order valence-electron chi connectivity index (χ0n) is 15.5. The first kappa shape index (κ1) is 30.4. The van der Waals surface area contributed by atoms with E-state index in [9.17, 15) is 52.3 Å². The Morgan fingerprint density at radius 2 is 1.21 bits per heavy atom. The Labute approximate surface area is 161 Å². The molecule has 0 saturated heterocycles. The van der Waals surface area contributed by atoms with Gasteiger partial charge in [-0.25, -0.2) is 4.39 Å². The van der Waals surface area contributed by atoms with Crippen molar-refractivity contribution in [3.05, 3.63) is 0 Å². The minimum absolute atomic E-state index is 0.00381. The number of halogens is 10. The molecule has 0 aromatic carbocycles. The third-order valence-electron chi connectivity index (χ3n) is 3.42. The first-order valence-electron chi connectivity index (χ1n) is 8.19. The van der Waals surface area contributed by atoms with E-state index >= 15 is 0 Å². The van der Waals surface area contributed by atoms with Crippen molar-refractivity contribution in [2.45, 2.75) is 74.4 Å². The highest BCUT2D eigenvalue weighted by Crippen LogP contribution is 2.50. The van der Waals surface area contributed by atoms with Crippen molar-refractivity contribution in [1.82, 2.24) is 5.32 Å². The molecule has 1 atom stereocenters. The van der Waals surface area contributed by atoms with Crippen LogP contribution in [0, 0.1) is 0 Å². The molecule has 0 aromatic rings. The molecule has 2 N–H and O–H groups in total. The van der Waals surface area contributed by atoms with Gasteiger partial charge in [0.1, 0.15) is 0 Å². The van der Waals surface area contributed by atoms with Gasteiger partial charge in [-0.1, -0.05) is 25.7 Å². The van der Waals surface area contributed by atoms with Crippen molar-refractivity contribution in [1.29, 1.82) is 0 Å². The Hall–Kier alpha value is -0.830.